The first-order valence-corrected chi connectivity index (χ1v) is 12.0. The molecule has 1 aliphatic heterocycles. The zero-order chi connectivity index (χ0) is 20.3. The van der Waals surface area contributed by atoms with Gasteiger partial charge in [-0.15, -0.1) is 0 Å². The van der Waals surface area contributed by atoms with E-state index in [1.807, 2.05) is 43.3 Å². The van der Waals surface area contributed by atoms with Gasteiger partial charge in [-0.2, -0.15) is 0 Å². The summed E-state index contributed by atoms with van der Waals surface area (Å²) in [4.78, 5) is 26.1. The number of ether oxygens (including phenoxy) is 1. The molecule has 1 heterocycles. The predicted octanol–water partition coefficient (Wildman–Crippen LogP) is 6.84. The minimum absolute atomic E-state index is 0.214. The van der Waals surface area contributed by atoms with Crippen LogP contribution in [0.2, 0.25) is 0 Å². The zero-order valence-electron chi connectivity index (χ0n) is 14.9. The summed E-state index contributed by atoms with van der Waals surface area (Å²) >= 11 is 10.3. The van der Waals surface area contributed by atoms with E-state index in [0.717, 1.165) is 38.3 Å². The Labute approximate surface area is 198 Å². The first-order valence-electron chi connectivity index (χ1n) is 8.50. The maximum atomic E-state index is 12.4. The highest BCUT2D eigenvalue weighted by atomic mass is 127. The molecule has 1 fully saturated rings. The van der Waals surface area contributed by atoms with Crippen molar-refractivity contribution in [2.75, 3.05) is 6.54 Å². The van der Waals surface area contributed by atoms with Crippen LogP contribution in [0.5, 0.6) is 5.75 Å². The van der Waals surface area contributed by atoms with Crippen LogP contribution < -0.4 is 4.74 Å². The van der Waals surface area contributed by atoms with Gasteiger partial charge in [-0.05, 0) is 114 Å². The van der Waals surface area contributed by atoms with E-state index in [2.05, 4.69) is 54.5 Å². The number of carbonyl (C=O) groups is 2. The van der Waals surface area contributed by atoms with Crippen LogP contribution in [0.25, 0.3) is 6.08 Å². The minimum atomic E-state index is -0.233. The van der Waals surface area contributed by atoms with E-state index >= 15 is 0 Å². The van der Waals surface area contributed by atoms with Crippen LogP contribution >= 0.6 is 66.2 Å². The highest BCUT2D eigenvalue weighted by molar-refractivity contribution is 14.1. The fourth-order valence-corrected chi connectivity index (χ4v) is 5.28. The summed E-state index contributed by atoms with van der Waals surface area (Å²) in [6.07, 6.45) is 2.48. The van der Waals surface area contributed by atoms with Crippen molar-refractivity contribution in [1.29, 1.82) is 0 Å². The number of carbonyl (C=O) groups excluding carboxylic acids is 2. The van der Waals surface area contributed by atoms with Gasteiger partial charge in [0.1, 0.15) is 12.4 Å². The summed E-state index contributed by atoms with van der Waals surface area (Å²) in [7, 11) is 0. The van der Waals surface area contributed by atoms with Gasteiger partial charge >= 0.3 is 0 Å². The van der Waals surface area contributed by atoms with Crippen molar-refractivity contribution in [1.82, 2.24) is 4.90 Å². The predicted molar refractivity (Wildman–Crippen MR) is 128 cm³/mol. The number of nitrogens with zero attached hydrogens (tertiary/aromatic N) is 1. The van der Waals surface area contributed by atoms with Crippen molar-refractivity contribution < 1.29 is 14.3 Å². The first kappa shape index (κ1) is 21.9. The second-order valence-electron chi connectivity index (χ2n) is 6.06. The second kappa shape index (κ2) is 9.77. The third-order valence-electron chi connectivity index (χ3n) is 3.94. The Hall–Kier alpha value is -0.840. The van der Waals surface area contributed by atoms with Gasteiger partial charge in [0.2, 0.25) is 0 Å². The standard InChI is InChI=1S/C20H16Br2INO3S/c1-2-7-24-19(25)17(28-20(24)26)10-13-8-15(21)18(16(22)9-13)27-11-12-3-5-14(23)6-4-12/h3-6,8-10H,2,7,11H2,1H3/b17-10+. The van der Waals surface area contributed by atoms with Crippen molar-refractivity contribution in [3.63, 3.8) is 0 Å². The van der Waals surface area contributed by atoms with E-state index < -0.39 is 0 Å². The SMILES string of the molecule is CCCN1C(=O)S/C(=C/c2cc(Br)c(OCc3ccc(I)cc3)c(Br)c2)C1=O. The van der Waals surface area contributed by atoms with Crippen molar-refractivity contribution in [2.24, 2.45) is 0 Å². The van der Waals surface area contributed by atoms with Gasteiger partial charge in [0.15, 0.2) is 0 Å². The van der Waals surface area contributed by atoms with Crippen LogP contribution in [0, 0.1) is 3.57 Å². The van der Waals surface area contributed by atoms with Crippen LogP contribution in [0.3, 0.4) is 0 Å². The average Bonchev–Trinajstić information content (AvgIpc) is 2.90. The molecular weight excluding hydrogens is 621 g/mol. The highest BCUT2D eigenvalue weighted by Crippen LogP contribution is 2.38. The molecule has 0 N–H and O–H groups in total. The van der Waals surface area contributed by atoms with E-state index in [1.165, 1.54) is 8.47 Å². The number of hydrogen-bond acceptors (Lipinski definition) is 4. The Morgan fingerprint density at radius 2 is 1.79 bits per heavy atom. The third-order valence-corrected chi connectivity index (χ3v) is 6.74. The van der Waals surface area contributed by atoms with Gasteiger partial charge in [0.25, 0.3) is 11.1 Å². The summed E-state index contributed by atoms with van der Waals surface area (Å²) in [6.45, 7) is 2.83. The van der Waals surface area contributed by atoms with Gasteiger partial charge in [-0.1, -0.05) is 19.1 Å². The monoisotopic (exact) mass is 635 g/mol. The minimum Gasteiger partial charge on any atom is -0.487 e. The molecule has 28 heavy (non-hydrogen) atoms. The van der Waals surface area contributed by atoms with E-state index in [0.29, 0.717) is 23.8 Å². The number of imide groups is 1. The van der Waals surface area contributed by atoms with Crippen molar-refractivity contribution >= 4 is 83.4 Å². The van der Waals surface area contributed by atoms with Crippen LogP contribution in [-0.2, 0) is 11.4 Å². The van der Waals surface area contributed by atoms with Crippen molar-refractivity contribution in [3.8, 4) is 5.75 Å². The third kappa shape index (κ3) is 5.20. The lowest BCUT2D eigenvalue weighted by Crippen LogP contribution is -2.28. The molecule has 4 nitrogen and oxygen atoms in total. The molecular formula is C20H16Br2INO3S. The Morgan fingerprint density at radius 3 is 2.39 bits per heavy atom. The molecule has 0 radical (unpaired) electrons. The smallest absolute Gasteiger partial charge is 0.293 e. The van der Waals surface area contributed by atoms with Crippen LogP contribution in [0.4, 0.5) is 4.79 Å². The Kier molecular flexibility index (Phi) is 7.63. The quantitative estimate of drug-likeness (QED) is 0.257. The Balaban J connectivity index is 1.77. The molecule has 1 aliphatic rings. The molecule has 2 aromatic rings. The topological polar surface area (TPSA) is 46.6 Å². The summed E-state index contributed by atoms with van der Waals surface area (Å²) in [5, 5.41) is -0.214. The van der Waals surface area contributed by atoms with Gasteiger partial charge < -0.3 is 4.74 Å². The molecule has 2 aromatic carbocycles. The second-order valence-corrected chi connectivity index (χ2v) is 10.0. The molecule has 0 spiro atoms. The Bertz CT molecular complexity index is 924. The van der Waals surface area contributed by atoms with Crippen LogP contribution in [0.1, 0.15) is 24.5 Å². The number of halogens is 3. The molecule has 0 atom stereocenters. The summed E-state index contributed by atoms with van der Waals surface area (Å²) in [5.41, 5.74) is 1.88. The summed E-state index contributed by atoms with van der Waals surface area (Å²) in [5.74, 6) is 0.456. The highest BCUT2D eigenvalue weighted by Gasteiger charge is 2.34. The van der Waals surface area contributed by atoms with E-state index in [9.17, 15) is 9.59 Å². The molecule has 0 saturated carbocycles. The summed E-state index contributed by atoms with van der Waals surface area (Å²) < 4.78 is 8.67. The fourth-order valence-electron chi connectivity index (χ4n) is 2.60. The number of benzene rings is 2. The van der Waals surface area contributed by atoms with Gasteiger partial charge in [0.05, 0.1) is 13.9 Å². The number of rotatable bonds is 6. The molecule has 3 rings (SSSR count). The molecule has 8 heteroatoms. The first-order chi connectivity index (χ1) is 13.4. The molecule has 0 bridgehead atoms. The van der Waals surface area contributed by atoms with Crippen LogP contribution in [-0.4, -0.2) is 22.6 Å². The molecule has 0 aromatic heterocycles. The molecule has 2 amide bonds. The average molecular weight is 637 g/mol. The van der Waals surface area contributed by atoms with E-state index in [4.69, 9.17) is 4.74 Å². The molecule has 1 saturated heterocycles. The van der Waals surface area contributed by atoms with Gasteiger partial charge in [-0.3, -0.25) is 14.5 Å². The van der Waals surface area contributed by atoms with Crippen molar-refractivity contribution in [3.05, 3.63) is 64.9 Å². The van der Waals surface area contributed by atoms with Gasteiger partial charge in [-0.25, -0.2) is 0 Å². The number of amides is 2. The zero-order valence-corrected chi connectivity index (χ0v) is 21.0. The van der Waals surface area contributed by atoms with E-state index in [-0.39, 0.29) is 11.1 Å². The maximum absolute atomic E-state index is 12.4. The van der Waals surface area contributed by atoms with E-state index in [1.54, 1.807) is 6.08 Å². The largest absolute Gasteiger partial charge is 0.487 e. The molecule has 146 valence electrons. The Morgan fingerprint density at radius 1 is 1.14 bits per heavy atom. The lowest BCUT2D eigenvalue weighted by molar-refractivity contribution is -0.122. The molecule has 0 unspecified atom stereocenters. The normalized spacial score (nSPS) is 15.6. The maximum Gasteiger partial charge on any atom is 0.293 e. The lowest BCUT2D eigenvalue weighted by Gasteiger charge is -2.12. The lowest BCUT2D eigenvalue weighted by atomic mass is 10.2. The molecule has 0 aliphatic carbocycles. The van der Waals surface area contributed by atoms with Crippen LogP contribution in [0.15, 0.2) is 50.2 Å². The number of hydrogen-bond donors (Lipinski definition) is 0. The van der Waals surface area contributed by atoms with Crippen molar-refractivity contribution in [2.45, 2.75) is 20.0 Å². The fraction of sp³-hybridized carbons (Fsp3) is 0.200. The number of thioether (sulfide) groups is 1. The van der Waals surface area contributed by atoms with Gasteiger partial charge in [0, 0.05) is 10.1 Å². The summed E-state index contributed by atoms with van der Waals surface area (Å²) in [6, 6.07) is 11.9.